The van der Waals surface area contributed by atoms with E-state index in [4.69, 9.17) is 5.73 Å². The van der Waals surface area contributed by atoms with Gasteiger partial charge < -0.3 is 5.73 Å². The van der Waals surface area contributed by atoms with Crippen LogP contribution in [0.2, 0.25) is 0 Å². The molecule has 2 nitrogen and oxygen atoms in total. The van der Waals surface area contributed by atoms with Crippen molar-refractivity contribution in [3.8, 4) is 0 Å². The van der Waals surface area contributed by atoms with Gasteiger partial charge in [-0.3, -0.25) is 4.90 Å². The van der Waals surface area contributed by atoms with Gasteiger partial charge in [-0.1, -0.05) is 63.4 Å². The second kappa shape index (κ2) is 6.93. The molecule has 0 aliphatic heterocycles. The Labute approximate surface area is 130 Å². The Morgan fingerprint density at radius 3 is 2.14 bits per heavy atom. The maximum Gasteiger partial charge on any atom is 0.0458 e. The molecule has 2 N–H and O–H groups in total. The minimum atomic E-state index is -0.0615. The van der Waals surface area contributed by atoms with E-state index in [1.807, 2.05) is 0 Å². The molecule has 2 heteroatoms. The summed E-state index contributed by atoms with van der Waals surface area (Å²) in [4.78, 5) is 2.56. The predicted molar refractivity (Wildman–Crippen MR) is 91.3 cm³/mol. The molecule has 118 valence electrons. The first-order valence-corrected chi connectivity index (χ1v) is 8.62. The van der Waals surface area contributed by atoms with Gasteiger partial charge in [0.15, 0.2) is 0 Å². The van der Waals surface area contributed by atoms with Crippen molar-refractivity contribution in [2.75, 3.05) is 13.6 Å². The van der Waals surface area contributed by atoms with Crippen LogP contribution in [0.3, 0.4) is 0 Å². The minimum absolute atomic E-state index is 0.0615. The number of nitrogens with two attached hydrogens (primary N) is 1. The summed E-state index contributed by atoms with van der Waals surface area (Å²) < 4.78 is 0. The third-order valence-corrected chi connectivity index (χ3v) is 5.68. The molecule has 0 unspecified atom stereocenters. The molecule has 0 heterocycles. The van der Waals surface area contributed by atoms with Gasteiger partial charge in [0.2, 0.25) is 0 Å². The van der Waals surface area contributed by atoms with Gasteiger partial charge in [-0.25, -0.2) is 0 Å². The first-order valence-electron chi connectivity index (χ1n) is 8.62. The van der Waals surface area contributed by atoms with E-state index in [9.17, 15) is 0 Å². The van der Waals surface area contributed by atoms with Gasteiger partial charge in [0, 0.05) is 17.6 Å². The van der Waals surface area contributed by atoms with Gasteiger partial charge >= 0.3 is 0 Å². The molecule has 0 aromatic heterocycles. The van der Waals surface area contributed by atoms with Crippen molar-refractivity contribution in [1.29, 1.82) is 0 Å². The van der Waals surface area contributed by atoms with Crippen molar-refractivity contribution in [2.45, 2.75) is 69.9 Å². The van der Waals surface area contributed by atoms with E-state index < -0.39 is 0 Å². The molecule has 1 aliphatic carbocycles. The molecule has 0 bridgehead atoms. The van der Waals surface area contributed by atoms with Crippen LogP contribution < -0.4 is 5.73 Å². The van der Waals surface area contributed by atoms with E-state index in [1.165, 1.54) is 37.7 Å². The van der Waals surface area contributed by atoms with Gasteiger partial charge in [0.25, 0.3) is 0 Å². The highest BCUT2D eigenvalue weighted by molar-refractivity contribution is 5.25. The highest BCUT2D eigenvalue weighted by Gasteiger charge is 2.39. The summed E-state index contributed by atoms with van der Waals surface area (Å²) in [5.41, 5.74) is 8.20. The summed E-state index contributed by atoms with van der Waals surface area (Å²) in [7, 11) is 2.28. The van der Waals surface area contributed by atoms with Crippen LogP contribution in [0.5, 0.6) is 0 Å². The summed E-state index contributed by atoms with van der Waals surface area (Å²) in [6.07, 6.45) is 8.63. The summed E-state index contributed by atoms with van der Waals surface area (Å²) >= 11 is 0. The molecular formula is C19H32N2. The Balaban J connectivity index is 2.28. The van der Waals surface area contributed by atoms with Gasteiger partial charge in [0.1, 0.15) is 0 Å². The maximum absolute atomic E-state index is 6.60. The molecule has 1 saturated carbocycles. The Kier molecular flexibility index (Phi) is 5.45. The predicted octanol–water partition coefficient (Wildman–Crippen LogP) is 4.30. The zero-order valence-corrected chi connectivity index (χ0v) is 14.1. The minimum Gasteiger partial charge on any atom is -0.324 e. The molecule has 0 saturated heterocycles. The highest BCUT2D eigenvalue weighted by atomic mass is 15.2. The number of nitrogens with zero attached hydrogens (tertiary/aromatic N) is 1. The van der Waals surface area contributed by atoms with Crippen LogP contribution in [0, 0.1) is 0 Å². The average Bonchev–Trinajstić information content (AvgIpc) is 2.56. The molecule has 1 fully saturated rings. The fourth-order valence-electron chi connectivity index (χ4n) is 3.87. The number of benzene rings is 1. The third kappa shape index (κ3) is 3.49. The lowest BCUT2D eigenvalue weighted by Crippen LogP contribution is -2.55. The van der Waals surface area contributed by atoms with Crippen molar-refractivity contribution in [1.82, 2.24) is 4.90 Å². The van der Waals surface area contributed by atoms with Gasteiger partial charge in [-0.15, -0.1) is 0 Å². The first kappa shape index (κ1) is 16.5. The second-order valence-corrected chi connectivity index (χ2v) is 6.88. The van der Waals surface area contributed by atoms with Crippen LogP contribution in [0.1, 0.15) is 64.4 Å². The zero-order valence-electron chi connectivity index (χ0n) is 14.1. The molecule has 0 amide bonds. The number of likely N-dealkylation sites (N-methyl/N-ethyl adjacent to an activating group) is 1. The lowest BCUT2D eigenvalue weighted by atomic mass is 9.74. The van der Waals surface area contributed by atoms with E-state index in [0.29, 0.717) is 0 Å². The standard InChI is InChI=1S/C19H32N2/c1-4-18(20,5-2)16-21(3)19(14-10-7-11-15-19)17-12-8-6-9-13-17/h6,8-9,12-13H,4-5,7,10-11,14-16,20H2,1-3H3. The Bertz CT molecular complexity index is 416. The maximum atomic E-state index is 6.60. The van der Waals surface area contributed by atoms with Gasteiger partial charge in [-0.05, 0) is 38.3 Å². The Morgan fingerprint density at radius 1 is 1.05 bits per heavy atom. The summed E-state index contributed by atoms with van der Waals surface area (Å²) in [6.45, 7) is 5.41. The summed E-state index contributed by atoms with van der Waals surface area (Å²) in [6, 6.07) is 11.1. The monoisotopic (exact) mass is 288 g/mol. The molecule has 2 rings (SSSR count). The van der Waals surface area contributed by atoms with Crippen molar-refractivity contribution in [2.24, 2.45) is 5.73 Å². The second-order valence-electron chi connectivity index (χ2n) is 6.88. The first-order chi connectivity index (χ1) is 10.1. The Morgan fingerprint density at radius 2 is 1.62 bits per heavy atom. The lowest BCUT2D eigenvalue weighted by molar-refractivity contribution is 0.0492. The molecule has 0 spiro atoms. The Hall–Kier alpha value is -0.860. The third-order valence-electron chi connectivity index (χ3n) is 5.68. The SMILES string of the molecule is CCC(N)(CC)CN(C)C1(c2ccccc2)CCCCC1. The van der Waals surface area contributed by atoms with Crippen LogP contribution >= 0.6 is 0 Å². The molecule has 21 heavy (non-hydrogen) atoms. The fourth-order valence-corrected chi connectivity index (χ4v) is 3.87. The molecule has 0 atom stereocenters. The van der Waals surface area contributed by atoms with Crippen LogP contribution in [-0.4, -0.2) is 24.0 Å². The number of hydrogen-bond donors (Lipinski definition) is 1. The van der Waals surface area contributed by atoms with Crippen LogP contribution in [0.25, 0.3) is 0 Å². The largest absolute Gasteiger partial charge is 0.324 e. The van der Waals surface area contributed by atoms with Crippen molar-refractivity contribution >= 4 is 0 Å². The van der Waals surface area contributed by atoms with E-state index in [2.05, 4.69) is 56.1 Å². The van der Waals surface area contributed by atoms with Crippen LogP contribution in [0.15, 0.2) is 30.3 Å². The molecule has 1 aromatic carbocycles. The summed E-state index contributed by atoms with van der Waals surface area (Å²) in [5.74, 6) is 0. The smallest absolute Gasteiger partial charge is 0.0458 e. The van der Waals surface area contributed by atoms with Crippen LogP contribution in [0.4, 0.5) is 0 Å². The molecular weight excluding hydrogens is 256 g/mol. The summed E-state index contributed by atoms with van der Waals surface area (Å²) in [5, 5.41) is 0. The van der Waals surface area contributed by atoms with Gasteiger partial charge in [-0.2, -0.15) is 0 Å². The van der Waals surface area contributed by atoms with E-state index in [1.54, 1.807) is 0 Å². The number of rotatable bonds is 6. The van der Waals surface area contributed by atoms with E-state index in [0.717, 1.165) is 19.4 Å². The van der Waals surface area contributed by atoms with Crippen molar-refractivity contribution in [3.05, 3.63) is 35.9 Å². The fraction of sp³-hybridized carbons (Fsp3) is 0.684. The zero-order chi connectivity index (χ0) is 15.3. The van der Waals surface area contributed by atoms with Crippen molar-refractivity contribution < 1.29 is 0 Å². The lowest BCUT2D eigenvalue weighted by Gasteiger charge is -2.48. The van der Waals surface area contributed by atoms with Crippen molar-refractivity contribution in [3.63, 3.8) is 0 Å². The van der Waals surface area contributed by atoms with E-state index >= 15 is 0 Å². The highest BCUT2D eigenvalue weighted by Crippen LogP contribution is 2.42. The normalized spacial score (nSPS) is 18.9. The van der Waals surface area contributed by atoms with Crippen LogP contribution in [-0.2, 0) is 5.54 Å². The topological polar surface area (TPSA) is 29.3 Å². The molecule has 1 aliphatic rings. The number of hydrogen-bond acceptors (Lipinski definition) is 2. The quantitative estimate of drug-likeness (QED) is 0.846. The molecule has 1 aromatic rings. The average molecular weight is 288 g/mol. The van der Waals surface area contributed by atoms with Gasteiger partial charge in [0.05, 0.1) is 0 Å². The van der Waals surface area contributed by atoms with E-state index in [-0.39, 0.29) is 11.1 Å². The molecule has 0 radical (unpaired) electrons.